The summed E-state index contributed by atoms with van der Waals surface area (Å²) in [5, 5.41) is 0.649. The van der Waals surface area contributed by atoms with Gasteiger partial charge in [0.25, 0.3) is 5.91 Å². The zero-order chi connectivity index (χ0) is 18.8. The Hall–Kier alpha value is -2.33. The summed E-state index contributed by atoms with van der Waals surface area (Å²) in [6.45, 7) is 6.38. The number of amides is 2. The van der Waals surface area contributed by atoms with Gasteiger partial charge < -0.3 is 9.80 Å². The summed E-state index contributed by atoms with van der Waals surface area (Å²) in [4.78, 5) is 29.4. The second kappa shape index (κ2) is 7.50. The van der Waals surface area contributed by atoms with E-state index in [1.165, 1.54) is 0 Å². The molecule has 1 aliphatic heterocycles. The number of hydrogen-bond donors (Lipinski definition) is 0. The number of carbonyl (C=O) groups is 2. The highest BCUT2D eigenvalue weighted by Crippen LogP contribution is 2.30. The van der Waals surface area contributed by atoms with Crippen molar-refractivity contribution in [2.75, 3.05) is 6.54 Å². The SMILES string of the molecule is Cc1ccc([C@@H]2C(=O)N(C(C)C)CC(=O)N2Cc2ccc(Cl)cc2)cc1. The Bertz CT molecular complexity index is 800. The first-order chi connectivity index (χ1) is 12.4. The van der Waals surface area contributed by atoms with Crippen LogP contribution in [0.3, 0.4) is 0 Å². The highest BCUT2D eigenvalue weighted by molar-refractivity contribution is 6.30. The molecule has 0 bridgehead atoms. The van der Waals surface area contributed by atoms with E-state index in [1.54, 1.807) is 21.9 Å². The van der Waals surface area contributed by atoms with E-state index in [0.29, 0.717) is 11.6 Å². The van der Waals surface area contributed by atoms with Crippen molar-refractivity contribution in [3.63, 3.8) is 0 Å². The van der Waals surface area contributed by atoms with Crippen LogP contribution >= 0.6 is 11.6 Å². The number of carbonyl (C=O) groups excluding carboxylic acids is 2. The Morgan fingerprint density at radius 3 is 2.23 bits per heavy atom. The molecule has 0 saturated carbocycles. The van der Waals surface area contributed by atoms with E-state index in [9.17, 15) is 9.59 Å². The van der Waals surface area contributed by atoms with Crippen molar-refractivity contribution in [2.24, 2.45) is 0 Å². The Kier molecular flexibility index (Phi) is 5.33. The first-order valence-electron chi connectivity index (χ1n) is 8.78. The molecule has 0 aliphatic carbocycles. The lowest BCUT2D eigenvalue weighted by molar-refractivity contribution is -0.158. The second-order valence-corrected chi connectivity index (χ2v) is 7.46. The number of hydrogen-bond acceptors (Lipinski definition) is 2. The summed E-state index contributed by atoms with van der Waals surface area (Å²) < 4.78 is 0. The van der Waals surface area contributed by atoms with E-state index >= 15 is 0 Å². The minimum atomic E-state index is -0.602. The lowest BCUT2D eigenvalue weighted by Gasteiger charge is -2.42. The van der Waals surface area contributed by atoms with Gasteiger partial charge in [-0.15, -0.1) is 0 Å². The van der Waals surface area contributed by atoms with Crippen LogP contribution < -0.4 is 0 Å². The standard InChI is InChI=1S/C21H23ClN2O2/c1-14(2)23-13-19(25)24(12-16-6-10-18(22)11-7-16)20(21(23)26)17-8-4-15(3)5-9-17/h4-11,14,20H,12-13H2,1-3H3/t20-/m1/s1. The van der Waals surface area contributed by atoms with Gasteiger partial charge in [0.2, 0.25) is 5.91 Å². The zero-order valence-corrected chi connectivity index (χ0v) is 16.0. The summed E-state index contributed by atoms with van der Waals surface area (Å²) >= 11 is 5.96. The van der Waals surface area contributed by atoms with Gasteiger partial charge in [0.05, 0.1) is 0 Å². The van der Waals surface area contributed by atoms with Crippen LogP contribution in [0.5, 0.6) is 0 Å². The molecule has 0 unspecified atom stereocenters. The Labute approximate surface area is 159 Å². The lowest BCUT2D eigenvalue weighted by Crippen LogP contribution is -2.56. The van der Waals surface area contributed by atoms with Gasteiger partial charge in [-0.25, -0.2) is 0 Å². The Morgan fingerprint density at radius 2 is 1.65 bits per heavy atom. The van der Waals surface area contributed by atoms with Crippen LogP contribution in [0.1, 0.15) is 36.6 Å². The summed E-state index contributed by atoms with van der Waals surface area (Å²) in [5.74, 6) is -0.0729. The van der Waals surface area contributed by atoms with Crippen LogP contribution in [0.2, 0.25) is 5.02 Å². The molecule has 4 nitrogen and oxygen atoms in total. The van der Waals surface area contributed by atoms with Crippen LogP contribution in [0.15, 0.2) is 48.5 Å². The predicted octanol–water partition coefficient (Wildman–Crippen LogP) is 3.97. The fourth-order valence-corrected chi connectivity index (χ4v) is 3.35. The van der Waals surface area contributed by atoms with Gasteiger partial charge in [-0.2, -0.15) is 0 Å². The molecule has 0 spiro atoms. The number of nitrogens with zero attached hydrogens (tertiary/aromatic N) is 2. The molecule has 3 rings (SSSR count). The van der Waals surface area contributed by atoms with Gasteiger partial charge in [-0.3, -0.25) is 9.59 Å². The molecule has 1 heterocycles. The van der Waals surface area contributed by atoms with E-state index in [2.05, 4.69) is 0 Å². The summed E-state index contributed by atoms with van der Waals surface area (Å²) in [6, 6.07) is 14.6. The van der Waals surface area contributed by atoms with Gasteiger partial charge in [0, 0.05) is 17.6 Å². The molecule has 0 N–H and O–H groups in total. The maximum Gasteiger partial charge on any atom is 0.250 e. The number of halogens is 1. The van der Waals surface area contributed by atoms with Crippen molar-refractivity contribution < 1.29 is 9.59 Å². The van der Waals surface area contributed by atoms with Gasteiger partial charge >= 0.3 is 0 Å². The first-order valence-corrected chi connectivity index (χ1v) is 9.15. The van der Waals surface area contributed by atoms with E-state index in [1.807, 2.05) is 57.2 Å². The number of rotatable bonds is 4. The minimum Gasteiger partial charge on any atom is -0.329 e. The quantitative estimate of drug-likeness (QED) is 0.817. The smallest absolute Gasteiger partial charge is 0.250 e. The average Bonchev–Trinajstić information content (AvgIpc) is 2.61. The van der Waals surface area contributed by atoms with Crippen molar-refractivity contribution >= 4 is 23.4 Å². The van der Waals surface area contributed by atoms with Gasteiger partial charge in [0.1, 0.15) is 12.6 Å². The van der Waals surface area contributed by atoms with Gasteiger partial charge in [-0.1, -0.05) is 53.6 Å². The first kappa shape index (κ1) is 18.5. The second-order valence-electron chi connectivity index (χ2n) is 7.02. The predicted molar refractivity (Wildman–Crippen MR) is 103 cm³/mol. The fraction of sp³-hybridized carbons (Fsp3) is 0.333. The average molecular weight is 371 g/mol. The third kappa shape index (κ3) is 3.75. The van der Waals surface area contributed by atoms with Crippen molar-refractivity contribution in [2.45, 2.75) is 39.4 Å². The van der Waals surface area contributed by atoms with E-state index in [-0.39, 0.29) is 24.4 Å². The van der Waals surface area contributed by atoms with Crippen LogP contribution in [0.4, 0.5) is 0 Å². The van der Waals surface area contributed by atoms with Crippen molar-refractivity contribution in [3.05, 3.63) is 70.2 Å². The van der Waals surface area contributed by atoms with E-state index < -0.39 is 6.04 Å². The van der Waals surface area contributed by atoms with Crippen molar-refractivity contribution in [1.82, 2.24) is 9.80 Å². The maximum absolute atomic E-state index is 13.2. The summed E-state index contributed by atoms with van der Waals surface area (Å²) in [7, 11) is 0. The third-order valence-corrected chi connectivity index (χ3v) is 4.99. The topological polar surface area (TPSA) is 40.6 Å². The summed E-state index contributed by atoms with van der Waals surface area (Å²) in [6.07, 6.45) is 0. The Morgan fingerprint density at radius 1 is 1.04 bits per heavy atom. The molecule has 5 heteroatoms. The van der Waals surface area contributed by atoms with Crippen molar-refractivity contribution in [3.8, 4) is 0 Å². The van der Waals surface area contributed by atoms with Crippen molar-refractivity contribution in [1.29, 1.82) is 0 Å². The largest absolute Gasteiger partial charge is 0.329 e. The van der Waals surface area contributed by atoms with Gasteiger partial charge in [-0.05, 0) is 44.0 Å². The third-order valence-electron chi connectivity index (χ3n) is 4.74. The monoisotopic (exact) mass is 370 g/mol. The number of benzene rings is 2. The molecule has 1 aliphatic rings. The molecule has 136 valence electrons. The molecule has 0 aromatic heterocycles. The van der Waals surface area contributed by atoms with Crippen LogP contribution in [-0.2, 0) is 16.1 Å². The minimum absolute atomic E-state index is 0.0166. The van der Waals surface area contributed by atoms with Gasteiger partial charge in [0.15, 0.2) is 0 Å². The molecule has 2 amide bonds. The summed E-state index contributed by atoms with van der Waals surface area (Å²) in [5.41, 5.74) is 2.91. The normalized spacial score (nSPS) is 18.0. The molecular formula is C21H23ClN2O2. The molecule has 0 radical (unpaired) electrons. The molecule has 1 saturated heterocycles. The van der Waals surface area contributed by atoms with E-state index in [4.69, 9.17) is 11.6 Å². The molecule has 26 heavy (non-hydrogen) atoms. The van der Waals surface area contributed by atoms with Crippen LogP contribution in [0, 0.1) is 6.92 Å². The number of aryl methyl sites for hydroxylation is 1. The highest BCUT2D eigenvalue weighted by atomic mass is 35.5. The zero-order valence-electron chi connectivity index (χ0n) is 15.3. The molecule has 1 atom stereocenters. The lowest BCUT2D eigenvalue weighted by atomic mass is 9.98. The fourth-order valence-electron chi connectivity index (χ4n) is 3.22. The van der Waals surface area contributed by atoms with Crippen LogP contribution in [-0.4, -0.2) is 34.2 Å². The van der Waals surface area contributed by atoms with E-state index in [0.717, 1.165) is 16.7 Å². The molecule has 2 aromatic rings. The molecule has 1 fully saturated rings. The highest BCUT2D eigenvalue weighted by Gasteiger charge is 2.41. The molecular weight excluding hydrogens is 348 g/mol. The Balaban J connectivity index is 1.98. The molecule has 2 aromatic carbocycles. The van der Waals surface area contributed by atoms with Crippen LogP contribution in [0.25, 0.3) is 0 Å². The number of piperazine rings is 1. The maximum atomic E-state index is 13.2.